The third-order valence-corrected chi connectivity index (χ3v) is 3.40. The maximum atomic E-state index is 11.6. The maximum absolute atomic E-state index is 11.6. The molecule has 0 bridgehead atoms. The zero-order valence-corrected chi connectivity index (χ0v) is 15.1. The fraction of sp³-hybridized carbons (Fsp3) is 0.824. The fourth-order valence-electron chi connectivity index (χ4n) is 2.20. The predicted molar refractivity (Wildman–Crippen MR) is 87.1 cm³/mol. The summed E-state index contributed by atoms with van der Waals surface area (Å²) in [5.41, 5.74) is 0. The number of Topliss-reactive ketones (excluding diaryl/α,β-unsaturated/α-hetero) is 2. The molecule has 0 saturated heterocycles. The van der Waals surface area contributed by atoms with Gasteiger partial charge in [0, 0.05) is 5.92 Å². The third-order valence-electron chi connectivity index (χ3n) is 3.40. The van der Waals surface area contributed by atoms with Crippen molar-refractivity contribution in [2.24, 2.45) is 17.8 Å². The van der Waals surface area contributed by atoms with Gasteiger partial charge < -0.3 is 4.74 Å². The van der Waals surface area contributed by atoms with E-state index in [1.807, 2.05) is 27.7 Å². The molecular weight excluding hydrogens is 268 g/mol. The monoisotopic (exact) mass is 302 g/mol. The zero-order chi connectivity index (χ0) is 17.4. The molecule has 0 aliphatic heterocycles. The molecule has 126 valence electrons. The average molecular weight is 302 g/mol. The molecule has 0 radical (unpaired) electrons. The van der Waals surface area contributed by atoms with Gasteiger partial charge in [0.15, 0.2) is 0 Å². The number of hydrogen-bond donors (Lipinski definition) is 0. The van der Waals surface area contributed by atoms with Gasteiger partial charge in [-0.25, -0.2) is 0 Å². The van der Waals surface area contributed by atoms with Gasteiger partial charge in [-0.05, 0) is 31.6 Å². The largest absolute Gasteiger partial charge is 0.471 e. The van der Waals surface area contributed by atoms with Crippen LogP contribution < -0.4 is 0 Å². The van der Waals surface area contributed by atoms with Gasteiger partial charge in [-0.2, -0.15) is 0 Å². The number of rotatable bonds is 4. The van der Waals surface area contributed by atoms with Crippen LogP contribution in [0, 0.1) is 17.8 Å². The summed E-state index contributed by atoms with van der Waals surface area (Å²) in [6.07, 6.45) is 2.26. The van der Waals surface area contributed by atoms with Crippen molar-refractivity contribution in [3.8, 4) is 0 Å². The van der Waals surface area contributed by atoms with Crippen LogP contribution in [0.5, 0.6) is 0 Å². The van der Waals surface area contributed by atoms with E-state index in [1.165, 1.54) is 14.0 Å². The van der Waals surface area contributed by atoms with Crippen LogP contribution in [-0.2, 0) is 19.1 Å². The van der Waals surface area contributed by atoms with Crippen molar-refractivity contribution in [1.82, 2.24) is 0 Å². The fourth-order valence-corrected chi connectivity index (χ4v) is 2.20. The van der Waals surface area contributed by atoms with Crippen LogP contribution in [0.3, 0.4) is 0 Å². The molecule has 0 amide bonds. The summed E-state index contributed by atoms with van der Waals surface area (Å²) < 4.78 is 3.86. The van der Waals surface area contributed by atoms with Gasteiger partial charge in [0.2, 0.25) is 0 Å². The molecule has 1 aliphatic carbocycles. The van der Waals surface area contributed by atoms with Crippen molar-refractivity contribution in [2.45, 2.75) is 67.7 Å². The van der Waals surface area contributed by atoms with Gasteiger partial charge in [-0.3, -0.25) is 14.4 Å². The lowest BCUT2D eigenvalue weighted by Gasteiger charge is -2.15. The molecule has 1 aliphatic rings. The van der Waals surface area contributed by atoms with E-state index < -0.39 is 0 Å². The smallest absolute Gasteiger partial charge is 0.292 e. The lowest BCUT2D eigenvalue weighted by atomic mass is 9.88. The van der Waals surface area contributed by atoms with Crippen molar-refractivity contribution in [2.75, 3.05) is 7.11 Å². The van der Waals surface area contributed by atoms with E-state index in [2.05, 4.69) is 18.6 Å². The van der Waals surface area contributed by atoms with Crippen LogP contribution in [0.15, 0.2) is 0 Å². The molecule has 3 atom stereocenters. The Morgan fingerprint density at radius 1 is 1.10 bits per heavy atom. The standard InChI is InChI=1S/C11H18O2.C2H4O2.2C2H6/c1-7-4-5-10(9(7)3)11(13)6-8(2)12;1-4-2-3;2*1-2/h7,9-10H,4-6H2,1-3H3;2H,1H3;2*1-2H3. The summed E-state index contributed by atoms with van der Waals surface area (Å²) in [6, 6.07) is 0. The molecule has 0 spiro atoms. The molecule has 1 rings (SSSR count). The minimum Gasteiger partial charge on any atom is -0.471 e. The number of ether oxygens (including phenoxy) is 1. The second-order valence-corrected chi connectivity index (χ2v) is 4.70. The minimum absolute atomic E-state index is 0.00301. The molecule has 1 fully saturated rings. The summed E-state index contributed by atoms with van der Waals surface area (Å²) in [5.74, 6) is 1.41. The van der Waals surface area contributed by atoms with Crippen LogP contribution in [0.4, 0.5) is 0 Å². The number of methoxy groups -OCH3 is 1. The van der Waals surface area contributed by atoms with Crippen LogP contribution >= 0.6 is 0 Å². The molecule has 0 aromatic rings. The summed E-state index contributed by atoms with van der Waals surface area (Å²) in [6.45, 7) is 14.2. The van der Waals surface area contributed by atoms with E-state index in [9.17, 15) is 9.59 Å². The van der Waals surface area contributed by atoms with Gasteiger partial charge in [-0.1, -0.05) is 41.5 Å². The highest BCUT2D eigenvalue weighted by Crippen LogP contribution is 2.37. The van der Waals surface area contributed by atoms with E-state index in [4.69, 9.17) is 4.79 Å². The summed E-state index contributed by atoms with van der Waals surface area (Å²) in [5, 5.41) is 0. The van der Waals surface area contributed by atoms with Crippen molar-refractivity contribution in [3.63, 3.8) is 0 Å². The Morgan fingerprint density at radius 3 is 1.76 bits per heavy atom. The highest BCUT2D eigenvalue weighted by atomic mass is 16.5. The summed E-state index contributed by atoms with van der Waals surface area (Å²) in [4.78, 5) is 31.3. The molecule has 0 aromatic carbocycles. The molecule has 0 aromatic heterocycles. The highest BCUT2D eigenvalue weighted by molar-refractivity contribution is 5.99. The molecule has 0 heterocycles. The van der Waals surface area contributed by atoms with Gasteiger partial charge in [0.05, 0.1) is 13.5 Å². The van der Waals surface area contributed by atoms with Crippen LogP contribution in [0.1, 0.15) is 67.7 Å². The number of ketones is 2. The number of hydrogen-bond acceptors (Lipinski definition) is 4. The second-order valence-electron chi connectivity index (χ2n) is 4.70. The Morgan fingerprint density at radius 2 is 1.52 bits per heavy atom. The van der Waals surface area contributed by atoms with Crippen molar-refractivity contribution in [3.05, 3.63) is 0 Å². The van der Waals surface area contributed by atoms with Crippen LogP contribution in [-0.4, -0.2) is 25.1 Å². The Labute approximate surface area is 130 Å². The molecule has 21 heavy (non-hydrogen) atoms. The van der Waals surface area contributed by atoms with Crippen molar-refractivity contribution < 1.29 is 19.1 Å². The average Bonchev–Trinajstić information content (AvgIpc) is 2.83. The molecular formula is C17H34O4. The van der Waals surface area contributed by atoms with E-state index >= 15 is 0 Å². The highest BCUT2D eigenvalue weighted by Gasteiger charge is 2.34. The normalized spacial score (nSPS) is 22.2. The van der Waals surface area contributed by atoms with Gasteiger partial charge in [-0.15, -0.1) is 0 Å². The van der Waals surface area contributed by atoms with Crippen molar-refractivity contribution in [1.29, 1.82) is 0 Å². The summed E-state index contributed by atoms with van der Waals surface area (Å²) in [7, 11) is 1.31. The molecule has 4 nitrogen and oxygen atoms in total. The van der Waals surface area contributed by atoms with Crippen molar-refractivity contribution >= 4 is 18.0 Å². The lowest BCUT2D eigenvalue weighted by Crippen LogP contribution is -2.21. The Balaban J connectivity index is -0.000000343. The number of carbonyl (C=O) groups is 3. The topological polar surface area (TPSA) is 60.4 Å². The zero-order valence-electron chi connectivity index (χ0n) is 15.1. The first-order valence-electron chi connectivity index (χ1n) is 7.92. The first-order chi connectivity index (χ1) is 9.93. The van der Waals surface area contributed by atoms with Gasteiger partial charge >= 0.3 is 0 Å². The van der Waals surface area contributed by atoms with E-state index in [-0.39, 0.29) is 23.9 Å². The van der Waals surface area contributed by atoms with Gasteiger partial charge in [0.1, 0.15) is 11.6 Å². The molecule has 0 N–H and O–H groups in total. The minimum atomic E-state index is -0.00301. The van der Waals surface area contributed by atoms with Crippen LogP contribution in [0.25, 0.3) is 0 Å². The molecule has 4 heteroatoms. The van der Waals surface area contributed by atoms with Gasteiger partial charge in [0.25, 0.3) is 6.47 Å². The number of carbonyl (C=O) groups excluding carboxylic acids is 3. The molecule has 3 unspecified atom stereocenters. The maximum Gasteiger partial charge on any atom is 0.292 e. The Bertz CT molecular complexity index is 274. The van der Waals surface area contributed by atoms with Crippen LogP contribution in [0.2, 0.25) is 0 Å². The third kappa shape index (κ3) is 12.3. The van der Waals surface area contributed by atoms with E-state index in [1.54, 1.807) is 0 Å². The SMILES string of the molecule is CC.CC.CC(=O)CC(=O)C1CCC(C)C1C.COC=O. The Hall–Kier alpha value is -1.19. The first-order valence-corrected chi connectivity index (χ1v) is 7.92. The lowest BCUT2D eigenvalue weighted by molar-refractivity contribution is -0.129. The van der Waals surface area contributed by atoms with E-state index in [0.717, 1.165) is 12.8 Å². The summed E-state index contributed by atoms with van der Waals surface area (Å²) >= 11 is 0. The second kappa shape index (κ2) is 16.9. The Kier molecular flexibility index (Phi) is 19.9. The first kappa shape index (κ1) is 24.8. The predicted octanol–water partition coefficient (Wildman–Crippen LogP) is 4.06. The molecule has 1 saturated carbocycles. The quantitative estimate of drug-likeness (QED) is 0.580. The van der Waals surface area contributed by atoms with E-state index in [0.29, 0.717) is 18.3 Å².